The maximum atomic E-state index is 13.0. The topological polar surface area (TPSA) is 41.5 Å². The lowest BCUT2D eigenvalue weighted by atomic mass is 10.1. The van der Waals surface area contributed by atoms with Crippen LogP contribution in [0.2, 0.25) is 0 Å². The highest BCUT2D eigenvalue weighted by Gasteiger charge is 2.07. The molecule has 0 spiro atoms. The van der Waals surface area contributed by atoms with E-state index in [2.05, 4.69) is 5.32 Å². The second kappa shape index (κ2) is 6.45. The van der Waals surface area contributed by atoms with E-state index in [4.69, 9.17) is 4.74 Å². The molecule has 0 aliphatic heterocycles. The van der Waals surface area contributed by atoms with Gasteiger partial charge in [0.25, 0.3) is 0 Å². The van der Waals surface area contributed by atoms with Gasteiger partial charge in [0.05, 0.1) is 0 Å². The number of hydrogen-bond donors (Lipinski definition) is 2. The Kier molecular flexibility index (Phi) is 5.22. The molecule has 1 rings (SSSR count). The lowest BCUT2D eigenvalue weighted by Crippen LogP contribution is -2.26. The fraction of sp³-hybridized carbons (Fsp3) is 0.500. The van der Waals surface area contributed by atoms with Gasteiger partial charge in [0.2, 0.25) is 0 Å². The van der Waals surface area contributed by atoms with Crippen molar-refractivity contribution in [3.8, 4) is 5.75 Å². The van der Waals surface area contributed by atoms with Crippen LogP contribution in [0.15, 0.2) is 18.2 Å². The van der Waals surface area contributed by atoms with Crippen LogP contribution in [-0.4, -0.2) is 24.9 Å². The molecule has 3 nitrogen and oxygen atoms in total. The van der Waals surface area contributed by atoms with Gasteiger partial charge in [0.15, 0.2) is 11.6 Å². The molecule has 0 saturated heterocycles. The maximum Gasteiger partial charge on any atom is 0.165 e. The van der Waals surface area contributed by atoms with Gasteiger partial charge in [0.1, 0.15) is 0 Å². The summed E-state index contributed by atoms with van der Waals surface area (Å²) < 4.78 is 18.0. The zero-order valence-corrected chi connectivity index (χ0v) is 9.66. The molecule has 0 heterocycles. The van der Waals surface area contributed by atoms with Crippen LogP contribution in [0.25, 0.3) is 0 Å². The second-order valence-corrected chi connectivity index (χ2v) is 3.81. The smallest absolute Gasteiger partial charge is 0.165 e. The highest BCUT2D eigenvalue weighted by atomic mass is 19.1. The van der Waals surface area contributed by atoms with Crippen LogP contribution in [0.5, 0.6) is 5.75 Å². The highest BCUT2D eigenvalue weighted by molar-refractivity contribution is 5.33. The molecule has 1 aromatic rings. The minimum absolute atomic E-state index is 0.266. The molecular weight excluding hydrogens is 209 g/mol. The van der Waals surface area contributed by atoms with E-state index in [1.807, 2.05) is 6.92 Å². The van der Waals surface area contributed by atoms with E-state index in [0.29, 0.717) is 18.7 Å². The SMILES string of the molecule is COCCC(C)NCc1cccc(F)c1O. The summed E-state index contributed by atoms with van der Waals surface area (Å²) >= 11 is 0. The number of phenolic OH excluding ortho intramolecular Hbond substituents is 1. The molecule has 4 heteroatoms. The van der Waals surface area contributed by atoms with Gasteiger partial charge >= 0.3 is 0 Å². The van der Waals surface area contributed by atoms with Crippen LogP contribution < -0.4 is 5.32 Å². The van der Waals surface area contributed by atoms with Gasteiger partial charge in [0, 0.05) is 31.9 Å². The average molecular weight is 227 g/mol. The molecule has 1 atom stereocenters. The fourth-order valence-electron chi connectivity index (χ4n) is 1.38. The van der Waals surface area contributed by atoms with E-state index in [1.165, 1.54) is 6.07 Å². The Bertz CT molecular complexity index is 331. The molecular formula is C12H18FNO2. The molecule has 0 bridgehead atoms. The summed E-state index contributed by atoms with van der Waals surface area (Å²) in [6.45, 7) is 3.16. The number of methoxy groups -OCH3 is 1. The molecule has 0 aliphatic carbocycles. The molecule has 0 amide bonds. The Morgan fingerprint density at radius 2 is 2.25 bits per heavy atom. The summed E-state index contributed by atoms with van der Waals surface area (Å²) in [5, 5.41) is 12.6. The normalized spacial score (nSPS) is 12.7. The maximum absolute atomic E-state index is 13.0. The van der Waals surface area contributed by atoms with E-state index < -0.39 is 5.82 Å². The molecule has 0 aromatic heterocycles. The molecule has 1 aromatic carbocycles. The van der Waals surface area contributed by atoms with E-state index in [-0.39, 0.29) is 11.8 Å². The number of ether oxygens (including phenoxy) is 1. The predicted octanol–water partition coefficient (Wildman–Crippen LogP) is 2.05. The van der Waals surface area contributed by atoms with Crippen LogP contribution in [0.3, 0.4) is 0 Å². The van der Waals surface area contributed by atoms with Gasteiger partial charge in [-0.1, -0.05) is 12.1 Å². The zero-order chi connectivity index (χ0) is 12.0. The van der Waals surface area contributed by atoms with Crippen molar-refractivity contribution in [2.24, 2.45) is 0 Å². The summed E-state index contributed by atoms with van der Waals surface area (Å²) in [7, 11) is 1.66. The van der Waals surface area contributed by atoms with E-state index in [1.54, 1.807) is 19.2 Å². The van der Waals surface area contributed by atoms with Crippen molar-refractivity contribution < 1.29 is 14.2 Å². The minimum atomic E-state index is -0.580. The van der Waals surface area contributed by atoms with Gasteiger partial charge < -0.3 is 15.2 Å². The third-order valence-electron chi connectivity index (χ3n) is 2.47. The summed E-state index contributed by atoms with van der Waals surface area (Å²) in [4.78, 5) is 0. The van der Waals surface area contributed by atoms with Crippen molar-refractivity contribution in [3.05, 3.63) is 29.6 Å². The Morgan fingerprint density at radius 1 is 1.50 bits per heavy atom. The van der Waals surface area contributed by atoms with Crippen LogP contribution >= 0.6 is 0 Å². The molecule has 16 heavy (non-hydrogen) atoms. The monoisotopic (exact) mass is 227 g/mol. The standard InChI is InChI=1S/C12H18FNO2/c1-9(6-7-16-2)14-8-10-4-3-5-11(13)12(10)15/h3-5,9,14-15H,6-8H2,1-2H3. The fourth-order valence-corrected chi connectivity index (χ4v) is 1.38. The molecule has 2 N–H and O–H groups in total. The van der Waals surface area contributed by atoms with Crippen molar-refractivity contribution in [2.75, 3.05) is 13.7 Å². The largest absolute Gasteiger partial charge is 0.505 e. The molecule has 0 radical (unpaired) electrons. The molecule has 1 unspecified atom stereocenters. The first-order valence-corrected chi connectivity index (χ1v) is 5.33. The van der Waals surface area contributed by atoms with E-state index in [9.17, 15) is 9.50 Å². The number of nitrogens with one attached hydrogen (secondary N) is 1. The number of para-hydroxylation sites is 1. The van der Waals surface area contributed by atoms with Gasteiger partial charge in [-0.05, 0) is 19.4 Å². The number of aromatic hydroxyl groups is 1. The van der Waals surface area contributed by atoms with Crippen LogP contribution in [-0.2, 0) is 11.3 Å². The molecule has 0 fully saturated rings. The number of benzene rings is 1. The third kappa shape index (κ3) is 3.79. The first-order valence-electron chi connectivity index (χ1n) is 5.33. The quantitative estimate of drug-likeness (QED) is 0.781. The van der Waals surface area contributed by atoms with Crippen molar-refractivity contribution in [1.29, 1.82) is 0 Å². The summed E-state index contributed by atoms with van der Waals surface area (Å²) in [5.74, 6) is -0.849. The Labute approximate surface area is 95.2 Å². The van der Waals surface area contributed by atoms with Crippen molar-refractivity contribution in [2.45, 2.75) is 25.9 Å². The van der Waals surface area contributed by atoms with Crippen LogP contribution in [0.4, 0.5) is 4.39 Å². The molecule has 0 saturated carbocycles. The molecule has 0 aliphatic rings. The highest BCUT2D eigenvalue weighted by Crippen LogP contribution is 2.20. The lowest BCUT2D eigenvalue weighted by Gasteiger charge is -2.13. The zero-order valence-electron chi connectivity index (χ0n) is 9.66. The summed E-state index contributed by atoms with van der Waals surface area (Å²) in [6.07, 6.45) is 0.882. The first kappa shape index (κ1) is 12.9. The Hall–Kier alpha value is -1.13. The lowest BCUT2D eigenvalue weighted by molar-refractivity contribution is 0.184. The number of hydrogen-bond acceptors (Lipinski definition) is 3. The van der Waals surface area contributed by atoms with Crippen molar-refractivity contribution >= 4 is 0 Å². The number of halogens is 1. The number of phenols is 1. The van der Waals surface area contributed by atoms with E-state index >= 15 is 0 Å². The van der Waals surface area contributed by atoms with Gasteiger partial charge in [-0.3, -0.25) is 0 Å². The third-order valence-corrected chi connectivity index (χ3v) is 2.47. The number of rotatable bonds is 6. The van der Waals surface area contributed by atoms with Crippen LogP contribution in [0, 0.1) is 5.82 Å². The van der Waals surface area contributed by atoms with Gasteiger partial charge in [-0.2, -0.15) is 0 Å². The van der Waals surface area contributed by atoms with Crippen molar-refractivity contribution in [1.82, 2.24) is 5.32 Å². The van der Waals surface area contributed by atoms with E-state index in [0.717, 1.165) is 6.42 Å². The van der Waals surface area contributed by atoms with Crippen molar-refractivity contribution in [3.63, 3.8) is 0 Å². The Morgan fingerprint density at radius 3 is 2.94 bits per heavy atom. The van der Waals surface area contributed by atoms with Crippen LogP contribution in [0.1, 0.15) is 18.9 Å². The van der Waals surface area contributed by atoms with Gasteiger partial charge in [-0.25, -0.2) is 4.39 Å². The predicted molar refractivity (Wildman–Crippen MR) is 60.9 cm³/mol. The molecule has 90 valence electrons. The minimum Gasteiger partial charge on any atom is -0.505 e. The van der Waals surface area contributed by atoms with Gasteiger partial charge in [-0.15, -0.1) is 0 Å². The first-order chi connectivity index (χ1) is 7.65. The summed E-state index contributed by atoms with van der Waals surface area (Å²) in [6, 6.07) is 4.80. The summed E-state index contributed by atoms with van der Waals surface area (Å²) in [5.41, 5.74) is 0.573. The Balaban J connectivity index is 2.45. The second-order valence-electron chi connectivity index (χ2n) is 3.81. The average Bonchev–Trinajstić information content (AvgIpc) is 2.28.